The third-order valence-electron chi connectivity index (χ3n) is 3.97. The highest BCUT2D eigenvalue weighted by Gasteiger charge is 2.15. The summed E-state index contributed by atoms with van der Waals surface area (Å²) in [5.41, 5.74) is 7.23. The zero-order valence-electron chi connectivity index (χ0n) is 12.2. The lowest BCUT2D eigenvalue weighted by molar-refractivity contribution is 0.140. The molecule has 20 heavy (non-hydrogen) atoms. The maximum absolute atomic E-state index is 10.1. The lowest BCUT2D eigenvalue weighted by atomic mass is 10.0. The Balaban J connectivity index is 1.59. The monoisotopic (exact) mass is 277 g/mol. The second kappa shape index (κ2) is 8.37. The Bertz CT molecular complexity index is 365. The molecule has 4 nitrogen and oxygen atoms in total. The highest BCUT2D eigenvalue weighted by atomic mass is 16.3. The fourth-order valence-electron chi connectivity index (χ4n) is 2.67. The largest absolute Gasteiger partial charge is 0.390 e. The Hall–Kier alpha value is -0.940. The van der Waals surface area contributed by atoms with Crippen molar-refractivity contribution in [3.8, 4) is 0 Å². The quantitative estimate of drug-likeness (QED) is 0.609. The molecule has 112 valence electrons. The summed E-state index contributed by atoms with van der Waals surface area (Å²) >= 11 is 0. The molecule has 2 unspecified atom stereocenters. The molecule has 0 saturated carbocycles. The van der Waals surface area contributed by atoms with Crippen molar-refractivity contribution in [3.63, 3.8) is 0 Å². The normalized spacial score (nSPS) is 19.1. The zero-order valence-corrected chi connectivity index (χ0v) is 12.2. The molecule has 1 aromatic carbocycles. The number of nitrogens with two attached hydrogens (primary N) is 1. The van der Waals surface area contributed by atoms with Crippen molar-refractivity contribution in [1.29, 1.82) is 0 Å². The van der Waals surface area contributed by atoms with Crippen molar-refractivity contribution in [1.82, 2.24) is 10.2 Å². The van der Waals surface area contributed by atoms with E-state index in [0.29, 0.717) is 6.54 Å². The Kier molecular flexibility index (Phi) is 6.47. The van der Waals surface area contributed by atoms with Gasteiger partial charge in [-0.2, -0.15) is 0 Å². The van der Waals surface area contributed by atoms with Gasteiger partial charge in [-0.15, -0.1) is 0 Å². The van der Waals surface area contributed by atoms with Gasteiger partial charge in [0.2, 0.25) is 0 Å². The van der Waals surface area contributed by atoms with E-state index in [0.717, 1.165) is 19.5 Å². The van der Waals surface area contributed by atoms with Crippen LogP contribution in [0.5, 0.6) is 0 Å². The van der Waals surface area contributed by atoms with Gasteiger partial charge in [-0.1, -0.05) is 30.3 Å². The van der Waals surface area contributed by atoms with E-state index in [4.69, 9.17) is 5.73 Å². The van der Waals surface area contributed by atoms with E-state index in [1.165, 1.54) is 31.5 Å². The molecule has 1 aromatic rings. The number of aliphatic hydroxyl groups is 1. The van der Waals surface area contributed by atoms with Gasteiger partial charge in [0.05, 0.1) is 6.10 Å². The molecule has 0 aromatic heterocycles. The van der Waals surface area contributed by atoms with Crippen LogP contribution in [0, 0.1) is 0 Å². The zero-order chi connectivity index (χ0) is 14.2. The highest BCUT2D eigenvalue weighted by Crippen LogP contribution is 2.06. The summed E-state index contributed by atoms with van der Waals surface area (Å²) in [4.78, 5) is 2.46. The molecule has 0 amide bonds. The Labute approximate surface area is 122 Å². The number of nitrogens with zero attached hydrogens (tertiary/aromatic N) is 1. The first-order chi connectivity index (χ1) is 9.75. The van der Waals surface area contributed by atoms with Crippen LogP contribution in [0.2, 0.25) is 0 Å². The molecule has 1 heterocycles. The fourth-order valence-corrected chi connectivity index (χ4v) is 2.67. The molecule has 1 fully saturated rings. The van der Waals surface area contributed by atoms with Gasteiger partial charge >= 0.3 is 0 Å². The van der Waals surface area contributed by atoms with Gasteiger partial charge in [-0.3, -0.25) is 0 Å². The van der Waals surface area contributed by atoms with Gasteiger partial charge in [-0.25, -0.2) is 0 Å². The van der Waals surface area contributed by atoms with E-state index in [-0.39, 0.29) is 6.04 Å². The maximum Gasteiger partial charge on any atom is 0.0818 e. The van der Waals surface area contributed by atoms with E-state index in [1.54, 1.807) is 0 Å². The molecule has 0 spiro atoms. The van der Waals surface area contributed by atoms with Crippen LogP contribution in [-0.4, -0.2) is 54.9 Å². The van der Waals surface area contributed by atoms with Gasteiger partial charge in [0.25, 0.3) is 0 Å². The van der Waals surface area contributed by atoms with Crippen molar-refractivity contribution in [3.05, 3.63) is 35.9 Å². The molecule has 2 atom stereocenters. The Morgan fingerprint density at radius 3 is 2.60 bits per heavy atom. The number of aliphatic hydroxyl groups excluding tert-OH is 1. The Morgan fingerprint density at radius 1 is 1.20 bits per heavy atom. The third-order valence-corrected chi connectivity index (χ3v) is 3.97. The second-order valence-corrected chi connectivity index (χ2v) is 5.67. The van der Waals surface area contributed by atoms with Crippen LogP contribution in [0.1, 0.15) is 18.4 Å². The molecule has 0 radical (unpaired) electrons. The summed E-state index contributed by atoms with van der Waals surface area (Å²) in [7, 11) is 0. The van der Waals surface area contributed by atoms with Gasteiger partial charge in [0, 0.05) is 25.7 Å². The summed E-state index contributed by atoms with van der Waals surface area (Å²) in [5, 5.41) is 13.4. The molecule has 4 N–H and O–H groups in total. The molecular formula is C16H27N3O. The number of hydrogen-bond acceptors (Lipinski definition) is 4. The van der Waals surface area contributed by atoms with Crippen LogP contribution in [0.25, 0.3) is 0 Å². The minimum absolute atomic E-state index is 0.211. The predicted octanol–water partition coefficient (Wildman–Crippen LogP) is 0.603. The first-order valence-electron chi connectivity index (χ1n) is 7.66. The van der Waals surface area contributed by atoms with Crippen molar-refractivity contribution >= 4 is 0 Å². The van der Waals surface area contributed by atoms with Crippen molar-refractivity contribution in [2.75, 3.05) is 32.7 Å². The smallest absolute Gasteiger partial charge is 0.0818 e. The van der Waals surface area contributed by atoms with Crippen molar-refractivity contribution in [2.24, 2.45) is 5.73 Å². The number of likely N-dealkylation sites (tertiary alicyclic amines) is 1. The van der Waals surface area contributed by atoms with Crippen molar-refractivity contribution < 1.29 is 5.11 Å². The molecule has 2 rings (SSSR count). The number of rotatable bonds is 8. The predicted molar refractivity (Wildman–Crippen MR) is 82.7 cm³/mol. The van der Waals surface area contributed by atoms with Gasteiger partial charge < -0.3 is 21.1 Å². The summed E-state index contributed by atoms with van der Waals surface area (Å²) in [6, 6.07) is 9.88. The molecule has 4 heteroatoms. The van der Waals surface area contributed by atoms with E-state index in [1.807, 2.05) is 30.3 Å². The van der Waals surface area contributed by atoms with E-state index < -0.39 is 6.10 Å². The molecule has 1 aliphatic heterocycles. The van der Waals surface area contributed by atoms with E-state index in [2.05, 4.69) is 10.2 Å². The fraction of sp³-hybridized carbons (Fsp3) is 0.625. The topological polar surface area (TPSA) is 61.5 Å². The number of benzene rings is 1. The third kappa shape index (κ3) is 5.21. The van der Waals surface area contributed by atoms with Crippen LogP contribution in [0.15, 0.2) is 30.3 Å². The summed E-state index contributed by atoms with van der Waals surface area (Å²) < 4.78 is 0. The lowest BCUT2D eigenvalue weighted by Crippen LogP contribution is -2.44. The average Bonchev–Trinajstić information content (AvgIpc) is 2.97. The molecule has 1 aliphatic rings. The van der Waals surface area contributed by atoms with Crippen molar-refractivity contribution in [2.45, 2.75) is 31.4 Å². The molecule has 1 saturated heterocycles. The maximum atomic E-state index is 10.1. The van der Waals surface area contributed by atoms with Gasteiger partial charge in [-0.05, 0) is 37.9 Å². The van der Waals surface area contributed by atoms with Crippen LogP contribution in [-0.2, 0) is 6.42 Å². The van der Waals surface area contributed by atoms with Gasteiger partial charge in [0.15, 0.2) is 0 Å². The van der Waals surface area contributed by atoms with Crippen LogP contribution < -0.4 is 11.1 Å². The first-order valence-corrected chi connectivity index (χ1v) is 7.66. The number of hydrogen-bond donors (Lipinski definition) is 3. The average molecular weight is 277 g/mol. The first kappa shape index (κ1) is 15.4. The second-order valence-electron chi connectivity index (χ2n) is 5.67. The lowest BCUT2D eigenvalue weighted by Gasteiger charge is -2.20. The summed E-state index contributed by atoms with van der Waals surface area (Å²) in [5.74, 6) is 0. The summed E-state index contributed by atoms with van der Waals surface area (Å²) in [6.07, 6.45) is 2.87. The van der Waals surface area contributed by atoms with Crippen LogP contribution in [0.4, 0.5) is 0 Å². The SMILES string of the molecule is NC(Cc1ccccc1)C(O)CNCCN1CCCC1. The molecule has 0 aliphatic carbocycles. The summed E-state index contributed by atoms with van der Waals surface area (Å²) in [6.45, 7) is 5.01. The Morgan fingerprint density at radius 2 is 1.90 bits per heavy atom. The van der Waals surface area contributed by atoms with Crippen LogP contribution in [0.3, 0.4) is 0 Å². The van der Waals surface area contributed by atoms with Gasteiger partial charge in [0.1, 0.15) is 0 Å². The molecule has 0 bridgehead atoms. The number of nitrogens with one attached hydrogen (secondary N) is 1. The highest BCUT2D eigenvalue weighted by molar-refractivity contribution is 5.16. The van der Waals surface area contributed by atoms with Crippen LogP contribution >= 0.6 is 0 Å². The van der Waals surface area contributed by atoms with E-state index >= 15 is 0 Å². The minimum Gasteiger partial charge on any atom is -0.390 e. The molecular weight excluding hydrogens is 250 g/mol. The minimum atomic E-state index is -0.492. The van der Waals surface area contributed by atoms with E-state index in [9.17, 15) is 5.11 Å². The standard InChI is InChI=1S/C16H27N3O/c17-15(12-14-6-2-1-3-7-14)16(20)13-18-8-11-19-9-4-5-10-19/h1-3,6-7,15-16,18,20H,4-5,8-13,17H2.